The number of piperidine rings is 1. The summed E-state index contributed by atoms with van der Waals surface area (Å²) in [4.78, 5) is 19.2. The number of carbonyl (C=O) groups excluding carboxylic acids is 1. The number of hydrogen-bond acceptors (Lipinski definition) is 5. The van der Waals surface area contributed by atoms with Gasteiger partial charge in [0.1, 0.15) is 6.10 Å². The first-order valence-electron chi connectivity index (χ1n) is 9.16. The van der Waals surface area contributed by atoms with Crippen molar-refractivity contribution in [2.75, 3.05) is 18.4 Å². The maximum atomic E-state index is 12.6. The minimum atomic E-state index is -0.372. The summed E-state index contributed by atoms with van der Waals surface area (Å²) in [6, 6.07) is 3.70. The van der Waals surface area contributed by atoms with E-state index in [0.29, 0.717) is 5.92 Å². The molecule has 4 heterocycles. The Labute approximate surface area is 153 Å². The summed E-state index contributed by atoms with van der Waals surface area (Å²) in [5.74, 6) is 0.403. The highest BCUT2D eigenvalue weighted by molar-refractivity contribution is 5.94. The second-order valence-electron chi connectivity index (χ2n) is 7.33. The third-order valence-corrected chi connectivity index (χ3v) is 5.36. The van der Waals surface area contributed by atoms with Gasteiger partial charge in [-0.2, -0.15) is 5.10 Å². The van der Waals surface area contributed by atoms with Crippen molar-refractivity contribution in [1.82, 2.24) is 19.7 Å². The lowest BCUT2D eigenvalue weighted by molar-refractivity contribution is -0.127. The third kappa shape index (κ3) is 3.64. The van der Waals surface area contributed by atoms with E-state index in [1.807, 2.05) is 43.2 Å². The van der Waals surface area contributed by atoms with Crippen LogP contribution in [0.4, 0.5) is 5.69 Å². The first-order chi connectivity index (χ1) is 12.6. The van der Waals surface area contributed by atoms with Gasteiger partial charge in [0.2, 0.25) is 0 Å². The monoisotopic (exact) mass is 355 g/mol. The van der Waals surface area contributed by atoms with Crippen molar-refractivity contribution in [1.29, 1.82) is 0 Å². The Morgan fingerprint density at radius 1 is 1.46 bits per heavy atom. The fraction of sp³-hybridized carbons (Fsp3) is 0.526. The fourth-order valence-corrected chi connectivity index (χ4v) is 3.95. The van der Waals surface area contributed by atoms with E-state index in [2.05, 4.69) is 20.3 Å². The Morgan fingerprint density at radius 2 is 2.35 bits per heavy atom. The van der Waals surface area contributed by atoms with Crippen LogP contribution in [-0.4, -0.2) is 50.9 Å². The van der Waals surface area contributed by atoms with Crippen molar-refractivity contribution in [3.8, 4) is 0 Å². The molecule has 138 valence electrons. The molecule has 2 aliphatic heterocycles. The molecule has 2 aromatic heterocycles. The van der Waals surface area contributed by atoms with Crippen molar-refractivity contribution < 1.29 is 9.53 Å². The number of aromatic nitrogens is 3. The number of anilines is 1. The molecule has 2 saturated heterocycles. The quantitative estimate of drug-likeness (QED) is 0.904. The maximum absolute atomic E-state index is 12.6. The van der Waals surface area contributed by atoms with E-state index in [1.165, 1.54) is 5.56 Å². The highest BCUT2D eigenvalue weighted by Crippen LogP contribution is 2.34. The van der Waals surface area contributed by atoms with Gasteiger partial charge in [0.05, 0.1) is 23.7 Å². The molecule has 0 bridgehead atoms. The number of nitrogens with zero attached hydrogens (tertiary/aromatic N) is 4. The minimum absolute atomic E-state index is 0.0608. The molecule has 26 heavy (non-hydrogen) atoms. The standard InChI is InChI=1S/C19H25N5O2/c1-13-16(4-3-6-20-13)22-19(25)17-8-15-5-7-24(12-18(15)26-17)11-14-9-21-23(2)10-14/h3-4,6,9-10,15,17-18H,5,7-8,11-12H2,1-2H3,(H,22,25)/t15-,17+,18+/m1/s1. The predicted molar refractivity (Wildman–Crippen MR) is 97.5 cm³/mol. The number of pyridine rings is 1. The molecule has 0 saturated carbocycles. The zero-order valence-corrected chi connectivity index (χ0v) is 15.3. The van der Waals surface area contributed by atoms with Crippen molar-refractivity contribution in [3.05, 3.63) is 42.0 Å². The molecule has 1 amide bonds. The van der Waals surface area contributed by atoms with Crippen LogP contribution in [0.2, 0.25) is 0 Å². The zero-order valence-electron chi connectivity index (χ0n) is 15.3. The molecule has 2 aromatic rings. The second-order valence-corrected chi connectivity index (χ2v) is 7.33. The third-order valence-electron chi connectivity index (χ3n) is 5.36. The summed E-state index contributed by atoms with van der Waals surface area (Å²) in [6.45, 7) is 4.68. The van der Waals surface area contributed by atoms with Gasteiger partial charge in [-0.15, -0.1) is 0 Å². The smallest absolute Gasteiger partial charge is 0.253 e. The van der Waals surface area contributed by atoms with Crippen LogP contribution in [0, 0.1) is 12.8 Å². The van der Waals surface area contributed by atoms with Crippen LogP contribution >= 0.6 is 0 Å². The van der Waals surface area contributed by atoms with Gasteiger partial charge in [0.15, 0.2) is 0 Å². The molecule has 7 heteroatoms. The van der Waals surface area contributed by atoms with Gasteiger partial charge in [-0.3, -0.25) is 19.4 Å². The summed E-state index contributed by atoms with van der Waals surface area (Å²) in [6.07, 6.45) is 7.32. The van der Waals surface area contributed by atoms with E-state index < -0.39 is 0 Å². The summed E-state index contributed by atoms with van der Waals surface area (Å²) in [5, 5.41) is 7.20. The van der Waals surface area contributed by atoms with E-state index >= 15 is 0 Å². The lowest BCUT2D eigenvalue weighted by atomic mass is 9.91. The van der Waals surface area contributed by atoms with Crippen LogP contribution in [0.15, 0.2) is 30.7 Å². The average molecular weight is 355 g/mol. The number of nitrogens with one attached hydrogen (secondary N) is 1. The second kappa shape index (κ2) is 7.17. The van der Waals surface area contributed by atoms with Gasteiger partial charge in [-0.25, -0.2) is 0 Å². The SMILES string of the molecule is Cc1ncccc1NC(=O)[C@@H]1C[C@H]2CCN(Cc3cnn(C)c3)C[C@@H]2O1. The summed E-state index contributed by atoms with van der Waals surface area (Å²) in [7, 11) is 1.93. The molecule has 0 unspecified atom stereocenters. The van der Waals surface area contributed by atoms with Gasteiger partial charge in [-0.1, -0.05) is 0 Å². The molecule has 0 spiro atoms. The fourth-order valence-electron chi connectivity index (χ4n) is 3.95. The van der Waals surface area contributed by atoms with Gasteiger partial charge in [0.25, 0.3) is 5.91 Å². The van der Waals surface area contributed by atoms with Crippen LogP contribution in [0.5, 0.6) is 0 Å². The molecule has 7 nitrogen and oxygen atoms in total. The number of rotatable bonds is 4. The van der Waals surface area contributed by atoms with Gasteiger partial charge < -0.3 is 10.1 Å². The van der Waals surface area contributed by atoms with Crippen molar-refractivity contribution in [2.45, 2.75) is 38.5 Å². The molecular weight excluding hydrogens is 330 g/mol. The van der Waals surface area contributed by atoms with E-state index in [4.69, 9.17) is 4.74 Å². The lowest BCUT2D eigenvalue weighted by Crippen LogP contribution is -2.41. The van der Waals surface area contributed by atoms with Crippen molar-refractivity contribution in [3.63, 3.8) is 0 Å². The molecule has 0 radical (unpaired) electrons. The Morgan fingerprint density at radius 3 is 3.12 bits per heavy atom. The van der Waals surface area contributed by atoms with Gasteiger partial charge >= 0.3 is 0 Å². The average Bonchev–Trinajstić information content (AvgIpc) is 3.22. The Balaban J connectivity index is 1.34. The molecule has 3 atom stereocenters. The molecular formula is C19H25N5O2. The number of likely N-dealkylation sites (tertiary alicyclic amines) is 1. The van der Waals surface area contributed by atoms with E-state index in [1.54, 1.807) is 6.20 Å². The van der Waals surface area contributed by atoms with E-state index in [9.17, 15) is 4.79 Å². The van der Waals surface area contributed by atoms with Crippen LogP contribution in [0.3, 0.4) is 0 Å². The number of amides is 1. The maximum Gasteiger partial charge on any atom is 0.253 e. The topological polar surface area (TPSA) is 72.3 Å². The summed E-state index contributed by atoms with van der Waals surface area (Å²) >= 11 is 0. The number of hydrogen-bond donors (Lipinski definition) is 1. The Bertz CT molecular complexity index is 790. The molecule has 0 aromatic carbocycles. The van der Waals surface area contributed by atoms with E-state index in [0.717, 1.165) is 43.9 Å². The van der Waals surface area contributed by atoms with Crippen LogP contribution in [0.1, 0.15) is 24.1 Å². The van der Waals surface area contributed by atoms with Gasteiger partial charge in [0, 0.05) is 38.1 Å². The number of carbonyl (C=O) groups is 1. The largest absolute Gasteiger partial charge is 0.364 e. The van der Waals surface area contributed by atoms with Gasteiger partial charge in [-0.05, 0) is 44.4 Å². The first-order valence-corrected chi connectivity index (χ1v) is 9.16. The molecule has 0 aliphatic carbocycles. The van der Waals surface area contributed by atoms with Crippen LogP contribution in [-0.2, 0) is 23.1 Å². The predicted octanol–water partition coefficient (Wildman–Crippen LogP) is 1.74. The molecule has 4 rings (SSSR count). The zero-order chi connectivity index (χ0) is 18.1. The highest BCUT2D eigenvalue weighted by Gasteiger charge is 2.41. The van der Waals surface area contributed by atoms with Crippen LogP contribution < -0.4 is 5.32 Å². The lowest BCUT2D eigenvalue weighted by Gasteiger charge is -2.33. The first kappa shape index (κ1) is 17.2. The van der Waals surface area contributed by atoms with E-state index in [-0.39, 0.29) is 18.1 Å². The number of ether oxygens (including phenoxy) is 1. The molecule has 2 fully saturated rings. The summed E-state index contributed by atoms with van der Waals surface area (Å²) in [5.41, 5.74) is 2.79. The Hall–Kier alpha value is -2.25. The molecule has 1 N–H and O–H groups in total. The number of fused-ring (bicyclic) bond motifs is 1. The van der Waals surface area contributed by atoms with Crippen LogP contribution in [0.25, 0.3) is 0 Å². The molecule has 2 aliphatic rings. The normalized spacial score (nSPS) is 25.8. The minimum Gasteiger partial charge on any atom is -0.364 e. The highest BCUT2D eigenvalue weighted by atomic mass is 16.5. The summed E-state index contributed by atoms with van der Waals surface area (Å²) < 4.78 is 7.95. The number of aryl methyl sites for hydroxylation is 2. The van der Waals surface area contributed by atoms with Crippen molar-refractivity contribution >= 4 is 11.6 Å². The Kier molecular flexibility index (Phi) is 4.74. The van der Waals surface area contributed by atoms with Crippen molar-refractivity contribution in [2.24, 2.45) is 13.0 Å².